The van der Waals surface area contributed by atoms with Gasteiger partial charge in [-0.2, -0.15) is 0 Å². The van der Waals surface area contributed by atoms with Crippen LogP contribution in [0.1, 0.15) is 18.4 Å². The highest BCUT2D eigenvalue weighted by atomic mass is 32.2. The fourth-order valence-corrected chi connectivity index (χ4v) is 4.59. The van der Waals surface area contributed by atoms with E-state index in [9.17, 15) is 13.2 Å². The number of carbonyl (C=O) groups is 1. The molecule has 2 aliphatic rings. The molecule has 0 spiro atoms. The van der Waals surface area contributed by atoms with E-state index in [1.165, 1.54) is 9.87 Å². The van der Waals surface area contributed by atoms with Crippen molar-refractivity contribution >= 4 is 27.3 Å². The number of amides is 1. The third-order valence-electron chi connectivity index (χ3n) is 4.98. The summed E-state index contributed by atoms with van der Waals surface area (Å²) >= 11 is 0. The molecule has 8 heteroatoms. The molecule has 0 radical (unpaired) electrons. The lowest BCUT2D eigenvalue weighted by Crippen LogP contribution is -2.33. The molecule has 0 saturated carbocycles. The predicted octanol–water partition coefficient (Wildman–Crippen LogP) is 2.55. The Morgan fingerprint density at radius 2 is 1.93 bits per heavy atom. The zero-order valence-electron chi connectivity index (χ0n) is 15.6. The summed E-state index contributed by atoms with van der Waals surface area (Å²) < 4.78 is 36.5. The molecule has 2 aromatic rings. The standard InChI is InChI=1S/C20H22N2O5S/c1-28(24,25)22(16-8-9-18-19(13-16)27-14-26-18)11-4-7-20(23)21-12-10-15-5-2-3-6-17(15)21/h2-3,5-6,8-9,13H,4,7,10-12,14H2,1H3. The van der Waals surface area contributed by atoms with Crippen LogP contribution in [0.2, 0.25) is 0 Å². The van der Waals surface area contributed by atoms with Gasteiger partial charge in [-0.15, -0.1) is 0 Å². The number of hydrogen-bond donors (Lipinski definition) is 0. The second kappa shape index (κ2) is 7.35. The highest BCUT2D eigenvalue weighted by Gasteiger charge is 2.25. The highest BCUT2D eigenvalue weighted by Crippen LogP contribution is 2.36. The predicted molar refractivity (Wildman–Crippen MR) is 106 cm³/mol. The Morgan fingerprint density at radius 1 is 1.14 bits per heavy atom. The molecule has 2 heterocycles. The van der Waals surface area contributed by atoms with Gasteiger partial charge in [0.25, 0.3) is 0 Å². The fourth-order valence-electron chi connectivity index (χ4n) is 3.63. The quantitative estimate of drug-likeness (QED) is 0.742. The monoisotopic (exact) mass is 402 g/mol. The van der Waals surface area contributed by atoms with Crippen LogP contribution in [0.4, 0.5) is 11.4 Å². The zero-order chi connectivity index (χ0) is 19.7. The van der Waals surface area contributed by atoms with Crippen LogP contribution in [0, 0.1) is 0 Å². The second-order valence-electron chi connectivity index (χ2n) is 6.90. The molecule has 2 aliphatic heterocycles. The van der Waals surface area contributed by atoms with Crippen molar-refractivity contribution in [1.29, 1.82) is 0 Å². The first-order valence-electron chi connectivity index (χ1n) is 9.19. The molecule has 0 bridgehead atoms. The van der Waals surface area contributed by atoms with E-state index in [0.29, 0.717) is 30.2 Å². The molecule has 0 atom stereocenters. The lowest BCUT2D eigenvalue weighted by Gasteiger charge is -2.23. The van der Waals surface area contributed by atoms with Crippen LogP contribution in [0.15, 0.2) is 42.5 Å². The van der Waals surface area contributed by atoms with E-state index >= 15 is 0 Å². The van der Waals surface area contributed by atoms with Crippen molar-refractivity contribution in [3.05, 3.63) is 48.0 Å². The van der Waals surface area contributed by atoms with Gasteiger partial charge >= 0.3 is 0 Å². The Morgan fingerprint density at radius 3 is 2.75 bits per heavy atom. The normalized spacial score (nSPS) is 14.8. The summed E-state index contributed by atoms with van der Waals surface area (Å²) in [5.74, 6) is 1.14. The minimum atomic E-state index is -3.49. The number of rotatable bonds is 6. The average Bonchev–Trinajstić information content (AvgIpc) is 3.30. The number of hydrogen-bond acceptors (Lipinski definition) is 5. The molecular formula is C20H22N2O5S. The van der Waals surface area contributed by atoms with Crippen LogP contribution in [0.5, 0.6) is 11.5 Å². The molecule has 0 aromatic heterocycles. The zero-order valence-corrected chi connectivity index (χ0v) is 16.4. The van der Waals surface area contributed by atoms with Gasteiger partial charge in [0.1, 0.15) is 0 Å². The Bertz CT molecular complexity index is 1010. The number of ether oxygens (including phenoxy) is 2. The Balaban J connectivity index is 1.42. The van der Waals surface area contributed by atoms with Crippen LogP contribution >= 0.6 is 0 Å². The first kappa shape index (κ1) is 18.6. The molecule has 0 aliphatic carbocycles. The maximum atomic E-state index is 12.7. The van der Waals surface area contributed by atoms with E-state index in [-0.39, 0.29) is 25.7 Å². The maximum Gasteiger partial charge on any atom is 0.232 e. The lowest BCUT2D eigenvalue weighted by atomic mass is 10.2. The minimum absolute atomic E-state index is 0.0177. The summed E-state index contributed by atoms with van der Waals surface area (Å²) in [6.07, 6.45) is 2.73. The molecular weight excluding hydrogens is 380 g/mol. The molecule has 0 fully saturated rings. The molecule has 7 nitrogen and oxygen atoms in total. The molecule has 0 saturated heterocycles. The van der Waals surface area contributed by atoms with E-state index in [0.717, 1.165) is 18.4 Å². The van der Waals surface area contributed by atoms with Crippen LogP contribution in [0.3, 0.4) is 0 Å². The number of sulfonamides is 1. The molecule has 2 aromatic carbocycles. The van der Waals surface area contributed by atoms with Crippen LogP contribution in [-0.4, -0.2) is 40.5 Å². The van der Waals surface area contributed by atoms with Gasteiger partial charge in [-0.3, -0.25) is 9.10 Å². The van der Waals surface area contributed by atoms with Gasteiger partial charge < -0.3 is 14.4 Å². The van der Waals surface area contributed by atoms with Gasteiger partial charge in [-0.05, 0) is 36.6 Å². The third kappa shape index (κ3) is 3.64. The largest absolute Gasteiger partial charge is 0.454 e. The van der Waals surface area contributed by atoms with Crippen LogP contribution in [-0.2, 0) is 21.2 Å². The number of nitrogens with zero attached hydrogens (tertiary/aromatic N) is 2. The van der Waals surface area contributed by atoms with Crippen molar-refractivity contribution in [1.82, 2.24) is 0 Å². The van der Waals surface area contributed by atoms with E-state index in [4.69, 9.17) is 9.47 Å². The van der Waals surface area contributed by atoms with Crippen molar-refractivity contribution < 1.29 is 22.7 Å². The van der Waals surface area contributed by atoms with Crippen LogP contribution in [0.25, 0.3) is 0 Å². The average molecular weight is 402 g/mol. The van der Waals surface area contributed by atoms with E-state index in [2.05, 4.69) is 0 Å². The van der Waals surface area contributed by atoms with Gasteiger partial charge in [0.05, 0.1) is 11.9 Å². The minimum Gasteiger partial charge on any atom is -0.454 e. The van der Waals surface area contributed by atoms with Crippen molar-refractivity contribution in [2.45, 2.75) is 19.3 Å². The summed E-state index contributed by atoms with van der Waals surface area (Å²) in [6, 6.07) is 12.9. The number of fused-ring (bicyclic) bond motifs is 2. The van der Waals surface area contributed by atoms with Crippen molar-refractivity contribution in [3.8, 4) is 11.5 Å². The number of para-hydroxylation sites is 1. The molecule has 148 valence electrons. The summed E-state index contributed by atoms with van der Waals surface area (Å²) in [7, 11) is -3.49. The Labute approximate surface area is 164 Å². The number of carbonyl (C=O) groups excluding carboxylic acids is 1. The van der Waals surface area contributed by atoms with Crippen molar-refractivity contribution in [2.24, 2.45) is 0 Å². The van der Waals surface area contributed by atoms with Gasteiger partial charge in [0.2, 0.25) is 22.7 Å². The molecule has 0 N–H and O–H groups in total. The van der Waals surface area contributed by atoms with E-state index < -0.39 is 10.0 Å². The molecule has 4 rings (SSSR count). The summed E-state index contributed by atoms with van der Waals surface area (Å²) in [4.78, 5) is 14.4. The van der Waals surface area contributed by atoms with Gasteiger partial charge in [-0.1, -0.05) is 18.2 Å². The summed E-state index contributed by atoms with van der Waals surface area (Å²) in [6.45, 7) is 1.03. The molecule has 0 unspecified atom stereocenters. The first-order chi connectivity index (χ1) is 13.4. The van der Waals surface area contributed by atoms with E-state index in [1.807, 2.05) is 24.3 Å². The number of anilines is 2. The fraction of sp³-hybridized carbons (Fsp3) is 0.350. The maximum absolute atomic E-state index is 12.7. The third-order valence-corrected chi connectivity index (χ3v) is 6.18. The molecule has 1 amide bonds. The van der Waals surface area contributed by atoms with Crippen molar-refractivity contribution in [3.63, 3.8) is 0 Å². The van der Waals surface area contributed by atoms with Gasteiger partial charge in [0, 0.05) is 31.3 Å². The Hall–Kier alpha value is -2.74. The van der Waals surface area contributed by atoms with Crippen LogP contribution < -0.4 is 18.7 Å². The molecule has 28 heavy (non-hydrogen) atoms. The van der Waals surface area contributed by atoms with Gasteiger partial charge in [0.15, 0.2) is 11.5 Å². The summed E-state index contributed by atoms with van der Waals surface area (Å²) in [5, 5.41) is 0. The SMILES string of the molecule is CS(=O)(=O)N(CCCC(=O)N1CCc2ccccc21)c1ccc2c(c1)OCO2. The smallest absolute Gasteiger partial charge is 0.232 e. The highest BCUT2D eigenvalue weighted by molar-refractivity contribution is 7.92. The lowest BCUT2D eigenvalue weighted by molar-refractivity contribution is -0.118. The summed E-state index contributed by atoms with van der Waals surface area (Å²) in [5.41, 5.74) is 2.64. The van der Waals surface area contributed by atoms with Gasteiger partial charge in [-0.25, -0.2) is 8.42 Å². The number of benzene rings is 2. The second-order valence-corrected chi connectivity index (χ2v) is 8.81. The topological polar surface area (TPSA) is 76.2 Å². The Kier molecular flexibility index (Phi) is 4.89. The van der Waals surface area contributed by atoms with Crippen molar-refractivity contribution in [2.75, 3.05) is 35.3 Å². The first-order valence-corrected chi connectivity index (χ1v) is 11.0. The van der Waals surface area contributed by atoms with E-state index in [1.54, 1.807) is 23.1 Å².